The maximum atomic E-state index is 11.6. The van der Waals surface area contributed by atoms with E-state index in [1.807, 2.05) is 0 Å². The molecule has 1 saturated heterocycles. The van der Waals surface area contributed by atoms with Gasteiger partial charge in [-0.1, -0.05) is 0 Å². The molecule has 19 heavy (non-hydrogen) atoms. The molecule has 1 aliphatic heterocycles. The van der Waals surface area contributed by atoms with Gasteiger partial charge in [0.15, 0.2) is 0 Å². The van der Waals surface area contributed by atoms with Gasteiger partial charge in [0.25, 0.3) is 5.69 Å². The van der Waals surface area contributed by atoms with Crippen molar-refractivity contribution >= 4 is 23.4 Å². The lowest BCUT2D eigenvalue weighted by Gasteiger charge is -2.12. The summed E-state index contributed by atoms with van der Waals surface area (Å²) >= 11 is 1.59. The van der Waals surface area contributed by atoms with E-state index in [0.717, 1.165) is 5.56 Å². The molecule has 0 unspecified atom stereocenters. The van der Waals surface area contributed by atoms with E-state index in [1.165, 1.54) is 12.1 Å². The number of benzene rings is 1. The first-order valence-corrected chi connectivity index (χ1v) is 6.95. The summed E-state index contributed by atoms with van der Waals surface area (Å²) in [5.41, 5.74) is 0.982. The van der Waals surface area contributed by atoms with Crippen LogP contribution in [0.2, 0.25) is 0 Å². The van der Waals surface area contributed by atoms with Crippen LogP contribution in [0.4, 0.5) is 5.69 Å². The van der Waals surface area contributed by atoms with Crippen LogP contribution in [-0.4, -0.2) is 29.3 Å². The minimum atomic E-state index is -0.430. The Morgan fingerprint density at radius 3 is 2.79 bits per heavy atom. The molecule has 0 radical (unpaired) electrons. The number of nitrogens with one attached hydrogen (secondary N) is 1. The first-order valence-electron chi connectivity index (χ1n) is 5.90. The topological polar surface area (TPSA) is 81.5 Å². The van der Waals surface area contributed by atoms with Crippen LogP contribution in [0.3, 0.4) is 0 Å². The van der Waals surface area contributed by atoms with Crippen molar-refractivity contribution in [2.45, 2.75) is 18.3 Å². The zero-order valence-electron chi connectivity index (χ0n) is 10.4. The van der Waals surface area contributed by atoms with Gasteiger partial charge in [-0.25, -0.2) is 0 Å². The molecule has 7 heteroatoms. The van der Waals surface area contributed by atoms with Gasteiger partial charge >= 0.3 is 5.97 Å². The summed E-state index contributed by atoms with van der Waals surface area (Å²) in [6.07, 6.45) is 0. The van der Waals surface area contributed by atoms with Gasteiger partial charge in [-0.2, -0.15) is 0 Å². The molecule has 1 aromatic rings. The van der Waals surface area contributed by atoms with E-state index in [4.69, 9.17) is 4.74 Å². The summed E-state index contributed by atoms with van der Waals surface area (Å²) in [5.74, 6) is 0.389. The van der Waals surface area contributed by atoms with Crippen molar-refractivity contribution in [3.63, 3.8) is 0 Å². The Kier molecular flexibility index (Phi) is 4.39. The molecule has 0 saturated carbocycles. The SMILES string of the molecule is CCOC(=O)[C@@H]1CS[C@H](c2ccc([N+](=O)[O-])cc2)N1. The van der Waals surface area contributed by atoms with Crippen LogP contribution in [-0.2, 0) is 9.53 Å². The van der Waals surface area contributed by atoms with Gasteiger partial charge in [0.1, 0.15) is 6.04 Å². The van der Waals surface area contributed by atoms with E-state index >= 15 is 0 Å². The summed E-state index contributed by atoms with van der Waals surface area (Å²) in [6.45, 7) is 2.14. The average molecular weight is 282 g/mol. The Labute approximate surface area is 114 Å². The van der Waals surface area contributed by atoms with Gasteiger partial charge in [0.05, 0.1) is 16.9 Å². The van der Waals surface area contributed by atoms with E-state index in [1.54, 1.807) is 30.8 Å². The lowest BCUT2D eigenvalue weighted by molar-refractivity contribution is -0.384. The molecule has 0 aliphatic carbocycles. The van der Waals surface area contributed by atoms with Crippen LogP contribution in [0.1, 0.15) is 17.9 Å². The zero-order valence-corrected chi connectivity index (χ0v) is 11.2. The second-order valence-corrected chi connectivity index (χ2v) is 5.17. The van der Waals surface area contributed by atoms with Crippen LogP contribution in [0.15, 0.2) is 24.3 Å². The Morgan fingerprint density at radius 2 is 2.21 bits per heavy atom. The van der Waals surface area contributed by atoms with E-state index in [9.17, 15) is 14.9 Å². The maximum Gasteiger partial charge on any atom is 0.324 e. The number of nitro groups is 1. The standard InChI is InChI=1S/C12H14N2O4S/c1-2-18-12(15)10-7-19-11(13-10)8-3-5-9(6-4-8)14(16)17/h3-6,10-11,13H,2,7H2,1H3/t10-,11+/m0/s1. The van der Waals surface area contributed by atoms with Crippen LogP contribution >= 0.6 is 11.8 Å². The largest absolute Gasteiger partial charge is 0.465 e. The fourth-order valence-electron chi connectivity index (χ4n) is 1.81. The number of hydrogen-bond donors (Lipinski definition) is 1. The number of esters is 1. The molecule has 1 aliphatic rings. The Bertz CT molecular complexity index is 477. The average Bonchev–Trinajstić information content (AvgIpc) is 2.89. The van der Waals surface area contributed by atoms with Crippen LogP contribution in [0.25, 0.3) is 0 Å². The Balaban J connectivity index is 2.00. The number of non-ortho nitro benzene ring substituents is 1. The first-order chi connectivity index (χ1) is 9.11. The summed E-state index contributed by atoms with van der Waals surface area (Å²) in [6, 6.07) is 6.03. The van der Waals surface area contributed by atoms with E-state index < -0.39 is 4.92 Å². The van der Waals surface area contributed by atoms with Crippen molar-refractivity contribution in [2.75, 3.05) is 12.4 Å². The number of thioether (sulfide) groups is 1. The maximum absolute atomic E-state index is 11.6. The van der Waals surface area contributed by atoms with Gasteiger partial charge in [-0.05, 0) is 24.6 Å². The number of nitrogens with zero attached hydrogens (tertiary/aromatic N) is 1. The molecular formula is C12H14N2O4S. The molecule has 102 valence electrons. The number of nitro benzene ring substituents is 1. The summed E-state index contributed by atoms with van der Waals surface area (Å²) in [4.78, 5) is 21.7. The molecule has 2 atom stereocenters. The van der Waals surface area contributed by atoms with Crippen molar-refractivity contribution < 1.29 is 14.5 Å². The number of carbonyl (C=O) groups excluding carboxylic acids is 1. The fraction of sp³-hybridized carbons (Fsp3) is 0.417. The number of carbonyl (C=O) groups is 1. The molecule has 0 aromatic heterocycles. The molecule has 0 amide bonds. The predicted molar refractivity (Wildman–Crippen MR) is 71.9 cm³/mol. The summed E-state index contributed by atoms with van der Waals surface area (Å²) < 4.78 is 4.96. The Hall–Kier alpha value is -1.60. The third-order valence-corrected chi connectivity index (χ3v) is 4.03. The molecule has 1 N–H and O–H groups in total. The fourth-order valence-corrected chi connectivity index (χ4v) is 3.04. The van der Waals surface area contributed by atoms with Crippen LogP contribution < -0.4 is 5.32 Å². The lowest BCUT2D eigenvalue weighted by Crippen LogP contribution is -2.35. The van der Waals surface area contributed by atoms with Crippen molar-refractivity contribution in [3.8, 4) is 0 Å². The minimum absolute atomic E-state index is 0.0322. The molecule has 2 rings (SSSR count). The third kappa shape index (κ3) is 3.24. The van der Waals surface area contributed by atoms with Crippen molar-refractivity contribution in [1.29, 1.82) is 0 Å². The second kappa shape index (κ2) is 6.03. The Morgan fingerprint density at radius 1 is 1.53 bits per heavy atom. The van der Waals surface area contributed by atoms with Gasteiger partial charge in [0, 0.05) is 17.9 Å². The number of hydrogen-bond acceptors (Lipinski definition) is 6. The highest BCUT2D eigenvalue weighted by molar-refractivity contribution is 7.99. The molecule has 1 fully saturated rings. The van der Waals surface area contributed by atoms with E-state index in [2.05, 4.69) is 5.32 Å². The molecule has 6 nitrogen and oxygen atoms in total. The molecule has 0 bridgehead atoms. The zero-order chi connectivity index (χ0) is 13.8. The summed E-state index contributed by atoms with van der Waals surface area (Å²) in [5, 5.41) is 13.7. The van der Waals surface area contributed by atoms with Crippen LogP contribution in [0, 0.1) is 10.1 Å². The monoisotopic (exact) mass is 282 g/mol. The highest BCUT2D eigenvalue weighted by Crippen LogP contribution is 2.33. The smallest absolute Gasteiger partial charge is 0.324 e. The summed E-state index contributed by atoms with van der Waals surface area (Å²) in [7, 11) is 0. The second-order valence-electron chi connectivity index (χ2n) is 4.03. The normalized spacial score (nSPS) is 22.2. The molecule has 1 heterocycles. The third-order valence-electron chi connectivity index (χ3n) is 2.76. The molecule has 1 aromatic carbocycles. The van der Waals surface area contributed by atoms with Crippen LogP contribution in [0.5, 0.6) is 0 Å². The van der Waals surface area contributed by atoms with Gasteiger partial charge in [-0.15, -0.1) is 11.8 Å². The molecular weight excluding hydrogens is 268 g/mol. The van der Waals surface area contributed by atoms with Crippen molar-refractivity contribution in [1.82, 2.24) is 5.32 Å². The van der Waals surface area contributed by atoms with Gasteiger partial charge in [-0.3, -0.25) is 20.2 Å². The van der Waals surface area contributed by atoms with E-state index in [-0.39, 0.29) is 23.1 Å². The predicted octanol–water partition coefficient (Wildman–Crippen LogP) is 1.86. The number of rotatable bonds is 4. The van der Waals surface area contributed by atoms with E-state index in [0.29, 0.717) is 12.4 Å². The number of ether oxygens (including phenoxy) is 1. The lowest BCUT2D eigenvalue weighted by atomic mass is 10.2. The van der Waals surface area contributed by atoms with Gasteiger partial charge in [0.2, 0.25) is 0 Å². The minimum Gasteiger partial charge on any atom is -0.465 e. The first kappa shape index (κ1) is 13.8. The van der Waals surface area contributed by atoms with Crippen molar-refractivity contribution in [3.05, 3.63) is 39.9 Å². The highest BCUT2D eigenvalue weighted by atomic mass is 32.2. The molecule has 0 spiro atoms. The quantitative estimate of drug-likeness (QED) is 0.515. The van der Waals surface area contributed by atoms with Crippen molar-refractivity contribution in [2.24, 2.45) is 0 Å². The highest BCUT2D eigenvalue weighted by Gasteiger charge is 2.31. The van der Waals surface area contributed by atoms with Gasteiger partial charge < -0.3 is 4.74 Å².